The van der Waals surface area contributed by atoms with E-state index in [1.807, 2.05) is 0 Å². The van der Waals surface area contributed by atoms with Crippen LogP contribution < -0.4 is 5.32 Å². The molecule has 2 aliphatic heterocycles. The van der Waals surface area contributed by atoms with Gasteiger partial charge >= 0.3 is 0 Å². The van der Waals surface area contributed by atoms with E-state index >= 15 is 0 Å². The van der Waals surface area contributed by atoms with Gasteiger partial charge in [0.2, 0.25) is 0 Å². The summed E-state index contributed by atoms with van der Waals surface area (Å²) in [6.45, 7) is 8.94. The van der Waals surface area contributed by atoms with Crippen LogP contribution in [0.25, 0.3) is 0 Å². The molecule has 0 spiro atoms. The molecule has 0 aliphatic carbocycles. The van der Waals surface area contributed by atoms with Gasteiger partial charge in [-0.2, -0.15) is 0 Å². The van der Waals surface area contributed by atoms with Crippen LogP contribution in [0.3, 0.4) is 0 Å². The molecule has 2 fully saturated rings. The van der Waals surface area contributed by atoms with Crippen LogP contribution >= 0.6 is 0 Å². The lowest BCUT2D eigenvalue weighted by Gasteiger charge is -2.23. The molecule has 2 heterocycles. The maximum absolute atomic E-state index is 3.46. The standard InChI is InChI=1S/C12H24N2/c1-11-3-2-7-14(8-5-11)10-12-4-6-13-9-12/h11-13H,2-10H2,1H3/t11?,12-/m0/s1. The Morgan fingerprint density at radius 3 is 2.93 bits per heavy atom. The zero-order valence-electron chi connectivity index (χ0n) is 9.47. The van der Waals surface area contributed by atoms with Crippen LogP contribution in [0.5, 0.6) is 0 Å². The van der Waals surface area contributed by atoms with E-state index in [9.17, 15) is 0 Å². The summed E-state index contributed by atoms with van der Waals surface area (Å²) in [4.78, 5) is 2.70. The topological polar surface area (TPSA) is 15.3 Å². The van der Waals surface area contributed by atoms with Crippen molar-refractivity contribution in [2.24, 2.45) is 11.8 Å². The van der Waals surface area contributed by atoms with Gasteiger partial charge in [0, 0.05) is 6.54 Å². The smallest absolute Gasteiger partial charge is 0.00223 e. The Labute approximate surface area is 88.1 Å². The molecule has 2 atom stereocenters. The van der Waals surface area contributed by atoms with E-state index < -0.39 is 0 Å². The first-order chi connectivity index (χ1) is 6.84. The maximum Gasteiger partial charge on any atom is 0.00223 e. The van der Waals surface area contributed by atoms with E-state index in [0.29, 0.717) is 0 Å². The van der Waals surface area contributed by atoms with Gasteiger partial charge in [0.15, 0.2) is 0 Å². The van der Waals surface area contributed by atoms with Gasteiger partial charge in [-0.1, -0.05) is 6.92 Å². The summed E-state index contributed by atoms with van der Waals surface area (Å²) in [5.41, 5.74) is 0. The Morgan fingerprint density at radius 1 is 1.21 bits per heavy atom. The van der Waals surface area contributed by atoms with Gasteiger partial charge in [0.25, 0.3) is 0 Å². The van der Waals surface area contributed by atoms with Crippen LogP contribution in [-0.4, -0.2) is 37.6 Å². The summed E-state index contributed by atoms with van der Waals surface area (Å²) in [5, 5.41) is 3.46. The Kier molecular flexibility index (Phi) is 3.82. The van der Waals surface area contributed by atoms with Gasteiger partial charge in [-0.05, 0) is 63.7 Å². The largest absolute Gasteiger partial charge is 0.316 e. The summed E-state index contributed by atoms with van der Waals surface area (Å²) >= 11 is 0. The highest BCUT2D eigenvalue weighted by atomic mass is 15.1. The van der Waals surface area contributed by atoms with Crippen molar-refractivity contribution in [1.82, 2.24) is 10.2 Å². The molecule has 0 radical (unpaired) electrons. The second-order valence-electron chi connectivity index (χ2n) is 5.20. The summed E-state index contributed by atoms with van der Waals surface area (Å²) in [5.74, 6) is 1.89. The van der Waals surface area contributed by atoms with E-state index in [-0.39, 0.29) is 0 Å². The number of nitrogens with one attached hydrogen (secondary N) is 1. The fraction of sp³-hybridized carbons (Fsp3) is 1.00. The number of hydrogen-bond donors (Lipinski definition) is 1. The summed E-state index contributed by atoms with van der Waals surface area (Å²) in [6.07, 6.45) is 5.67. The van der Waals surface area contributed by atoms with Gasteiger partial charge in [0.05, 0.1) is 0 Å². The summed E-state index contributed by atoms with van der Waals surface area (Å²) in [6, 6.07) is 0. The van der Waals surface area contributed by atoms with E-state index in [1.54, 1.807) is 0 Å². The van der Waals surface area contributed by atoms with Crippen molar-refractivity contribution in [1.29, 1.82) is 0 Å². The van der Waals surface area contributed by atoms with Crippen LogP contribution in [0, 0.1) is 11.8 Å². The first kappa shape index (κ1) is 10.4. The average Bonchev–Trinajstić information content (AvgIpc) is 2.58. The van der Waals surface area contributed by atoms with Crippen molar-refractivity contribution >= 4 is 0 Å². The third kappa shape index (κ3) is 2.96. The lowest BCUT2D eigenvalue weighted by Crippen LogP contribution is -2.31. The van der Waals surface area contributed by atoms with E-state index in [0.717, 1.165) is 11.8 Å². The minimum absolute atomic E-state index is 0.934. The monoisotopic (exact) mass is 196 g/mol. The minimum Gasteiger partial charge on any atom is -0.316 e. The second-order valence-corrected chi connectivity index (χ2v) is 5.20. The van der Waals surface area contributed by atoms with E-state index in [1.165, 1.54) is 58.4 Å². The maximum atomic E-state index is 3.46. The Balaban J connectivity index is 1.73. The number of likely N-dealkylation sites (tertiary alicyclic amines) is 1. The van der Waals surface area contributed by atoms with Gasteiger partial charge in [-0.15, -0.1) is 0 Å². The zero-order valence-corrected chi connectivity index (χ0v) is 9.47. The quantitative estimate of drug-likeness (QED) is 0.723. The molecule has 0 aromatic heterocycles. The number of rotatable bonds is 2. The Bertz CT molecular complexity index is 164. The first-order valence-electron chi connectivity index (χ1n) is 6.27. The third-order valence-corrected chi connectivity index (χ3v) is 3.79. The molecule has 14 heavy (non-hydrogen) atoms. The normalized spacial score (nSPS) is 35.8. The molecule has 82 valence electrons. The van der Waals surface area contributed by atoms with Crippen LogP contribution in [-0.2, 0) is 0 Å². The average molecular weight is 196 g/mol. The van der Waals surface area contributed by atoms with E-state index in [4.69, 9.17) is 0 Å². The molecular formula is C12H24N2. The zero-order chi connectivity index (χ0) is 9.80. The molecule has 2 saturated heterocycles. The highest BCUT2D eigenvalue weighted by Gasteiger charge is 2.20. The molecule has 2 rings (SSSR count). The lowest BCUT2D eigenvalue weighted by atomic mass is 10.0. The van der Waals surface area contributed by atoms with Gasteiger partial charge in [-0.3, -0.25) is 0 Å². The van der Waals surface area contributed by atoms with Gasteiger partial charge in [0.1, 0.15) is 0 Å². The van der Waals surface area contributed by atoms with Crippen LogP contribution in [0.1, 0.15) is 32.6 Å². The minimum atomic E-state index is 0.934. The molecule has 0 saturated carbocycles. The Hall–Kier alpha value is -0.0800. The first-order valence-corrected chi connectivity index (χ1v) is 6.27. The van der Waals surface area contributed by atoms with Crippen molar-refractivity contribution in [3.8, 4) is 0 Å². The van der Waals surface area contributed by atoms with Crippen LogP contribution in [0.4, 0.5) is 0 Å². The van der Waals surface area contributed by atoms with Crippen molar-refractivity contribution in [2.75, 3.05) is 32.7 Å². The molecule has 0 aromatic carbocycles. The van der Waals surface area contributed by atoms with E-state index in [2.05, 4.69) is 17.1 Å². The predicted molar refractivity (Wildman–Crippen MR) is 60.4 cm³/mol. The molecule has 0 bridgehead atoms. The molecule has 2 nitrogen and oxygen atoms in total. The second kappa shape index (κ2) is 5.13. The number of nitrogens with zero attached hydrogens (tertiary/aromatic N) is 1. The predicted octanol–water partition coefficient (Wildman–Crippen LogP) is 1.72. The molecular weight excluding hydrogens is 172 g/mol. The van der Waals surface area contributed by atoms with Crippen molar-refractivity contribution < 1.29 is 0 Å². The van der Waals surface area contributed by atoms with Crippen LogP contribution in [0.15, 0.2) is 0 Å². The summed E-state index contributed by atoms with van der Waals surface area (Å²) < 4.78 is 0. The number of hydrogen-bond acceptors (Lipinski definition) is 2. The Morgan fingerprint density at radius 2 is 2.14 bits per heavy atom. The van der Waals surface area contributed by atoms with Crippen molar-refractivity contribution in [3.05, 3.63) is 0 Å². The molecule has 2 heteroatoms. The lowest BCUT2D eigenvalue weighted by molar-refractivity contribution is 0.243. The molecule has 2 aliphatic rings. The summed E-state index contributed by atoms with van der Waals surface area (Å²) in [7, 11) is 0. The molecule has 0 amide bonds. The highest BCUT2D eigenvalue weighted by Crippen LogP contribution is 2.18. The fourth-order valence-electron chi connectivity index (χ4n) is 2.74. The van der Waals surface area contributed by atoms with Gasteiger partial charge in [-0.25, -0.2) is 0 Å². The van der Waals surface area contributed by atoms with Gasteiger partial charge < -0.3 is 10.2 Å². The fourth-order valence-corrected chi connectivity index (χ4v) is 2.74. The third-order valence-electron chi connectivity index (χ3n) is 3.79. The SMILES string of the molecule is CC1CCCN(C[C@H]2CCNC2)CC1. The molecule has 1 unspecified atom stereocenters. The molecule has 1 N–H and O–H groups in total. The molecule has 0 aromatic rings. The van der Waals surface area contributed by atoms with Crippen molar-refractivity contribution in [3.63, 3.8) is 0 Å². The highest BCUT2D eigenvalue weighted by molar-refractivity contribution is 4.76. The van der Waals surface area contributed by atoms with Crippen LogP contribution in [0.2, 0.25) is 0 Å². The van der Waals surface area contributed by atoms with Crippen molar-refractivity contribution in [2.45, 2.75) is 32.6 Å².